The van der Waals surface area contributed by atoms with E-state index < -0.39 is 0 Å². The van der Waals surface area contributed by atoms with E-state index in [1.165, 1.54) is 25.7 Å². The first-order valence-corrected chi connectivity index (χ1v) is 6.96. The van der Waals surface area contributed by atoms with Crippen LogP contribution in [0.15, 0.2) is 18.5 Å². The van der Waals surface area contributed by atoms with Crippen LogP contribution in [0.25, 0.3) is 0 Å². The SMILES string of the molecule is CCCCCCC(C)Oc1ccncc1CCl. The van der Waals surface area contributed by atoms with Gasteiger partial charge in [-0.25, -0.2) is 0 Å². The zero-order chi connectivity index (χ0) is 12.5. The van der Waals surface area contributed by atoms with Gasteiger partial charge in [0.1, 0.15) is 5.75 Å². The van der Waals surface area contributed by atoms with Crippen LogP contribution in [0.2, 0.25) is 0 Å². The van der Waals surface area contributed by atoms with E-state index in [9.17, 15) is 0 Å². The summed E-state index contributed by atoms with van der Waals surface area (Å²) in [5, 5.41) is 0. The Morgan fingerprint density at radius 2 is 2.18 bits per heavy atom. The highest BCUT2D eigenvalue weighted by Crippen LogP contribution is 2.21. The third-order valence-corrected chi connectivity index (χ3v) is 3.08. The van der Waals surface area contributed by atoms with Gasteiger partial charge < -0.3 is 4.74 Å². The number of pyridine rings is 1. The van der Waals surface area contributed by atoms with Gasteiger partial charge in [0, 0.05) is 18.0 Å². The first-order valence-electron chi connectivity index (χ1n) is 6.43. The summed E-state index contributed by atoms with van der Waals surface area (Å²) < 4.78 is 5.89. The van der Waals surface area contributed by atoms with Crippen LogP contribution in [0.4, 0.5) is 0 Å². The van der Waals surface area contributed by atoms with E-state index >= 15 is 0 Å². The van der Waals surface area contributed by atoms with Crippen molar-refractivity contribution in [2.45, 2.75) is 57.9 Å². The Morgan fingerprint density at radius 1 is 1.35 bits per heavy atom. The molecule has 0 fully saturated rings. The van der Waals surface area contributed by atoms with Crippen LogP contribution in [0, 0.1) is 0 Å². The fourth-order valence-corrected chi connectivity index (χ4v) is 1.96. The maximum Gasteiger partial charge on any atom is 0.127 e. The number of nitrogens with zero attached hydrogens (tertiary/aromatic N) is 1. The van der Waals surface area contributed by atoms with E-state index in [4.69, 9.17) is 16.3 Å². The molecular formula is C14H22ClNO. The topological polar surface area (TPSA) is 22.1 Å². The van der Waals surface area contributed by atoms with Crippen LogP contribution < -0.4 is 4.74 Å². The molecule has 0 N–H and O–H groups in total. The van der Waals surface area contributed by atoms with Gasteiger partial charge in [0.15, 0.2) is 0 Å². The monoisotopic (exact) mass is 255 g/mol. The second-order valence-corrected chi connectivity index (χ2v) is 4.66. The van der Waals surface area contributed by atoms with Gasteiger partial charge in [0.2, 0.25) is 0 Å². The maximum atomic E-state index is 5.89. The summed E-state index contributed by atoms with van der Waals surface area (Å²) in [6, 6.07) is 1.89. The number of unbranched alkanes of at least 4 members (excludes halogenated alkanes) is 3. The molecule has 0 aliphatic carbocycles. The van der Waals surface area contributed by atoms with E-state index in [2.05, 4.69) is 18.8 Å². The minimum atomic E-state index is 0.247. The highest BCUT2D eigenvalue weighted by Gasteiger charge is 2.07. The zero-order valence-electron chi connectivity index (χ0n) is 10.8. The summed E-state index contributed by atoms with van der Waals surface area (Å²) in [4.78, 5) is 4.05. The molecule has 0 saturated carbocycles. The predicted octanol–water partition coefficient (Wildman–Crippen LogP) is 4.56. The first kappa shape index (κ1) is 14.3. The minimum Gasteiger partial charge on any atom is -0.490 e. The molecule has 1 unspecified atom stereocenters. The summed E-state index contributed by atoms with van der Waals surface area (Å²) in [7, 11) is 0. The highest BCUT2D eigenvalue weighted by molar-refractivity contribution is 6.17. The van der Waals surface area contributed by atoms with Crippen molar-refractivity contribution in [2.24, 2.45) is 0 Å². The number of rotatable bonds is 8. The Kier molecular flexibility index (Phi) is 7.02. The largest absolute Gasteiger partial charge is 0.490 e. The Labute approximate surface area is 109 Å². The van der Waals surface area contributed by atoms with Gasteiger partial charge in [0.25, 0.3) is 0 Å². The molecule has 17 heavy (non-hydrogen) atoms. The average molecular weight is 256 g/mol. The molecule has 0 spiro atoms. The molecule has 1 rings (SSSR count). The normalized spacial score (nSPS) is 12.4. The zero-order valence-corrected chi connectivity index (χ0v) is 11.5. The van der Waals surface area contributed by atoms with Crippen LogP contribution in [0.1, 0.15) is 51.5 Å². The number of halogens is 1. The van der Waals surface area contributed by atoms with Crippen molar-refractivity contribution in [1.29, 1.82) is 0 Å². The summed E-state index contributed by atoms with van der Waals surface area (Å²) in [5.74, 6) is 1.32. The fraction of sp³-hybridized carbons (Fsp3) is 0.643. The summed E-state index contributed by atoms with van der Waals surface area (Å²) in [6.07, 6.45) is 9.98. The molecule has 2 nitrogen and oxygen atoms in total. The molecule has 96 valence electrons. The van der Waals surface area contributed by atoms with E-state index in [1.54, 1.807) is 12.4 Å². The van der Waals surface area contributed by atoms with Crippen LogP contribution in [-0.4, -0.2) is 11.1 Å². The lowest BCUT2D eigenvalue weighted by molar-refractivity contribution is 0.204. The molecule has 1 aromatic rings. The number of aromatic nitrogens is 1. The summed E-state index contributed by atoms with van der Waals surface area (Å²) in [6.45, 7) is 4.34. The average Bonchev–Trinajstić information content (AvgIpc) is 2.35. The van der Waals surface area contributed by atoms with Gasteiger partial charge in [-0.3, -0.25) is 4.98 Å². The molecule has 1 heterocycles. The van der Waals surface area contributed by atoms with Crippen molar-refractivity contribution in [2.75, 3.05) is 0 Å². The highest BCUT2D eigenvalue weighted by atomic mass is 35.5. The lowest BCUT2D eigenvalue weighted by Gasteiger charge is -2.16. The number of alkyl halides is 1. The van der Waals surface area contributed by atoms with Crippen LogP contribution in [0.3, 0.4) is 0 Å². The molecule has 0 aromatic carbocycles. The standard InChI is InChI=1S/C14H22ClNO/c1-3-4-5-6-7-12(2)17-14-8-9-16-11-13(14)10-15/h8-9,11-12H,3-7,10H2,1-2H3. The quantitative estimate of drug-likeness (QED) is 0.502. The molecule has 1 aromatic heterocycles. The molecule has 0 amide bonds. The Morgan fingerprint density at radius 3 is 2.88 bits per heavy atom. The second-order valence-electron chi connectivity index (χ2n) is 4.39. The van der Waals surface area contributed by atoms with Crippen molar-refractivity contribution >= 4 is 11.6 Å². The van der Waals surface area contributed by atoms with Crippen molar-refractivity contribution in [3.63, 3.8) is 0 Å². The lowest BCUT2D eigenvalue weighted by Crippen LogP contribution is -2.12. The van der Waals surface area contributed by atoms with Crippen molar-refractivity contribution in [1.82, 2.24) is 4.98 Å². The van der Waals surface area contributed by atoms with Gasteiger partial charge in [-0.2, -0.15) is 0 Å². The van der Waals surface area contributed by atoms with Crippen molar-refractivity contribution in [3.05, 3.63) is 24.0 Å². The molecule has 0 aliphatic heterocycles. The van der Waals surface area contributed by atoms with Crippen LogP contribution >= 0.6 is 11.6 Å². The van der Waals surface area contributed by atoms with Gasteiger partial charge in [-0.1, -0.05) is 26.2 Å². The lowest BCUT2D eigenvalue weighted by atomic mass is 10.1. The molecule has 0 bridgehead atoms. The smallest absolute Gasteiger partial charge is 0.127 e. The Hall–Kier alpha value is -0.760. The number of hydrogen-bond donors (Lipinski definition) is 0. The Bertz CT molecular complexity index is 317. The van der Waals surface area contributed by atoms with Crippen LogP contribution in [-0.2, 0) is 5.88 Å². The summed E-state index contributed by atoms with van der Waals surface area (Å²) in [5.41, 5.74) is 0.967. The van der Waals surface area contributed by atoms with Crippen molar-refractivity contribution in [3.8, 4) is 5.75 Å². The Balaban J connectivity index is 2.36. The third-order valence-electron chi connectivity index (χ3n) is 2.80. The van der Waals surface area contributed by atoms with E-state index in [-0.39, 0.29) is 6.10 Å². The molecule has 3 heteroatoms. The summed E-state index contributed by atoms with van der Waals surface area (Å²) >= 11 is 5.84. The first-order chi connectivity index (χ1) is 8.27. The van der Waals surface area contributed by atoms with Gasteiger partial charge in [-0.05, 0) is 25.8 Å². The van der Waals surface area contributed by atoms with Gasteiger partial charge in [-0.15, -0.1) is 11.6 Å². The number of ether oxygens (including phenoxy) is 1. The van der Waals surface area contributed by atoms with Gasteiger partial charge >= 0.3 is 0 Å². The van der Waals surface area contributed by atoms with E-state index in [1.807, 2.05) is 6.07 Å². The fourth-order valence-electron chi connectivity index (χ4n) is 1.76. The molecule has 0 saturated heterocycles. The maximum absolute atomic E-state index is 5.89. The van der Waals surface area contributed by atoms with Crippen molar-refractivity contribution < 1.29 is 4.74 Å². The minimum absolute atomic E-state index is 0.247. The second kappa shape index (κ2) is 8.35. The molecule has 1 atom stereocenters. The van der Waals surface area contributed by atoms with E-state index in [0.717, 1.165) is 17.7 Å². The molecule has 0 radical (unpaired) electrons. The third kappa shape index (κ3) is 5.40. The van der Waals surface area contributed by atoms with E-state index in [0.29, 0.717) is 5.88 Å². The van der Waals surface area contributed by atoms with Gasteiger partial charge in [0.05, 0.1) is 12.0 Å². The molecular weight excluding hydrogens is 234 g/mol. The predicted molar refractivity (Wildman–Crippen MR) is 72.6 cm³/mol. The van der Waals surface area contributed by atoms with Crippen LogP contribution in [0.5, 0.6) is 5.75 Å². The number of hydrogen-bond acceptors (Lipinski definition) is 2. The molecule has 0 aliphatic rings.